The molecule has 1 amide bonds. The molecule has 2 saturated heterocycles. The molecule has 1 aromatic heterocycles. The Bertz CT molecular complexity index is 1340. The first kappa shape index (κ1) is 28.1. The molecule has 0 radical (unpaired) electrons. The summed E-state index contributed by atoms with van der Waals surface area (Å²) in [4.78, 5) is 33.7. The van der Waals surface area contributed by atoms with Crippen molar-refractivity contribution in [1.82, 2.24) is 14.4 Å². The van der Waals surface area contributed by atoms with E-state index in [1.807, 2.05) is 39.8 Å². The van der Waals surface area contributed by atoms with E-state index >= 15 is 0 Å². The van der Waals surface area contributed by atoms with Gasteiger partial charge in [-0.1, -0.05) is 68.2 Å². The van der Waals surface area contributed by atoms with E-state index in [1.54, 1.807) is 9.47 Å². The highest BCUT2D eigenvalue weighted by Gasteiger charge is 2.36. The van der Waals surface area contributed by atoms with Crippen LogP contribution in [0.1, 0.15) is 55.9 Å². The Kier molecular flexibility index (Phi) is 9.08. The van der Waals surface area contributed by atoms with Crippen molar-refractivity contribution in [2.75, 3.05) is 31.1 Å². The second kappa shape index (κ2) is 12.3. The molecule has 0 aliphatic carbocycles. The summed E-state index contributed by atoms with van der Waals surface area (Å²) in [5.74, 6) is 0.681. The predicted octanol–water partition coefficient (Wildman–Crippen LogP) is 4.76. The van der Waals surface area contributed by atoms with E-state index in [1.165, 1.54) is 17.3 Å². The monoisotopic (exact) mass is 549 g/mol. The second-order valence-corrected chi connectivity index (χ2v) is 11.5. The number of hydrogen-bond acceptors (Lipinski definition) is 7. The lowest BCUT2D eigenvalue weighted by molar-refractivity contribution is -0.123. The normalized spacial score (nSPS) is 18.3. The number of aromatic nitrogens is 1. The average Bonchev–Trinajstić information content (AvgIpc) is 3.20. The van der Waals surface area contributed by atoms with Crippen LogP contribution in [0, 0.1) is 18.3 Å². The molecule has 1 atom stereocenters. The first-order chi connectivity index (χ1) is 18.3. The number of pyridine rings is 1. The maximum Gasteiger partial charge on any atom is 0.270 e. The SMILES string of the molecule is CCCn1c(N2CCN(Cc3ccccc3)CC2)c(/C=C2\SC(=S)N(C(C)CC)C2=O)c(C)c(C#N)c1=O. The van der Waals surface area contributed by atoms with E-state index in [4.69, 9.17) is 12.2 Å². The molecule has 2 fully saturated rings. The van der Waals surface area contributed by atoms with E-state index < -0.39 is 0 Å². The molecular weight excluding hydrogens is 514 g/mol. The summed E-state index contributed by atoms with van der Waals surface area (Å²) in [5.41, 5.74) is 2.52. The molecule has 3 heterocycles. The van der Waals surface area contributed by atoms with E-state index in [0.29, 0.717) is 21.3 Å². The maximum atomic E-state index is 13.4. The van der Waals surface area contributed by atoms with Crippen molar-refractivity contribution in [2.45, 2.75) is 59.7 Å². The van der Waals surface area contributed by atoms with Crippen molar-refractivity contribution in [3.05, 3.63) is 67.8 Å². The van der Waals surface area contributed by atoms with Crippen LogP contribution in [0.3, 0.4) is 0 Å². The summed E-state index contributed by atoms with van der Waals surface area (Å²) in [5, 5.41) is 9.89. The van der Waals surface area contributed by atoms with Crippen LogP contribution in [-0.4, -0.2) is 56.8 Å². The zero-order valence-electron chi connectivity index (χ0n) is 22.6. The fraction of sp³-hybridized carbons (Fsp3) is 0.448. The third kappa shape index (κ3) is 5.58. The van der Waals surface area contributed by atoms with Crippen molar-refractivity contribution >= 4 is 46.1 Å². The molecule has 4 rings (SSSR count). The molecule has 0 spiro atoms. The fourth-order valence-corrected chi connectivity index (χ4v) is 6.49. The minimum absolute atomic E-state index is 0.00961. The van der Waals surface area contributed by atoms with Gasteiger partial charge in [0, 0.05) is 50.9 Å². The van der Waals surface area contributed by atoms with Gasteiger partial charge in [0.2, 0.25) is 0 Å². The quantitative estimate of drug-likeness (QED) is 0.347. The first-order valence-corrected chi connectivity index (χ1v) is 14.5. The first-order valence-electron chi connectivity index (χ1n) is 13.3. The summed E-state index contributed by atoms with van der Waals surface area (Å²) >= 11 is 6.85. The molecule has 9 heteroatoms. The zero-order valence-corrected chi connectivity index (χ0v) is 24.2. The topological polar surface area (TPSA) is 72.6 Å². The number of carbonyl (C=O) groups is 1. The average molecular weight is 550 g/mol. The molecule has 2 aliphatic rings. The Morgan fingerprint density at radius 1 is 1.13 bits per heavy atom. The number of nitriles is 1. The molecule has 200 valence electrons. The van der Waals surface area contributed by atoms with Crippen molar-refractivity contribution in [3.63, 3.8) is 0 Å². The number of piperazine rings is 1. The van der Waals surface area contributed by atoms with Crippen LogP contribution in [0.5, 0.6) is 0 Å². The molecule has 7 nitrogen and oxygen atoms in total. The molecule has 2 aromatic rings. The highest BCUT2D eigenvalue weighted by molar-refractivity contribution is 8.26. The third-order valence-electron chi connectivity index (χ3n) is 7.35. The van der Waals surface area contributed by atoms with E-state index in [0.717, 1.165) is 56.9 Å². The lowest BCUT2D eigenvalue weighted by Crippen LogP contribution is -2.48. The minimum atomic E-state index is -0.266. The van der Waals surface area contributed by atoms with E-state index in [2.05, 4.69) is 40.1 Å². The molecule has 0 N–H and O–H groups in total. The lowest BCUT2D eigenvalue weighted by Gasteiger charge is -2.38. The van der Waals surface area contributed by atoms with Gasteiger partial charge < -0.3 is 4.90 Å². The number of amides is 1. The highest BCUT2D eigenvalue weighted by atomic mass is 32.2. The molecule has 2 aliphatic heterocycles. The van der Waals surface area contributed by atoms with Crippen LogP contribution in [0.2, 0.25) is 0 Å². The smallest absolute Gasteiger partial charge is 0.270 e. The van der Waals surface area contributed by atoms with Crippen LogP contribution < -0.4 is 10.5 Å². The zero-order chi connectivity index (χ0) is 27.4. The predicted molar refractivity (Wildman–Crippen MR) is 159 cm³/mol. The number of benzene rings is 1. The van der Waals surface area contributed by atoms with Gasteiger partial charge in [0.1, 0.15) is 21.8 Å². The third-order valence-corrected chi connectivity index (χ3v) is 8.68. The summed E-state index contributed by atoms with van der Waals surface area (Å²) in [6.07, 6.45) is 3.41. The fourth-order valence-electron chi connectivity index (χ4n) is 5.05. The van der Waals surface area contributed by atoms with E-state index in [9.17, 15) is 14.9 Å². The van der Waals surface area contributed by atoms with Gasteiger partial charge in [0.05, 0.1) is 4.91 Å². The van der Waals surface area contributed by atoms with Gasteiger partial charge in [0.25, 0.3) is 11.5 Å². The number of thioether (sulfide) groups is 1. The van der Waals surface area contributed by atoms with Crippen LogP contribution >= 0.6 is 24.0 Å². The lowest BCUT2D eigenvalue weighted by atomic mass is 10.0. The molecule has 1 unspecified atom stereocenters. The number of hydrogen-bond donors (Lipinski definition) is 0. The van der Waals surface area contributed by atoms with Gasteiger partial charge >= 0.3 is 0 Å². The summed E-state index contributed by atoms with van der Waals surface area (Å²) in [6, 6.07) is 12.6. The summed E-state index contributed by atoms with van der Waals surface area (Å²) in [7, 11) is 0. The molecular formula is C29H35N5O2S2. The largest absolute Gasteiger partial charge is 0.355 e. The van der Waals surface area contributed by atoms with Crippen LogP contribution in [0.25, 0.3) is 6.08 Å². The Balaban J connectivity index is 1.74. The van der Waals surface area contributed by atoms with Crippen LogP contribution in [0.15, 0.2) is 40.0 Å². The number of carbonyl (C=O) groups excluding carboxylic acids is 1. The number of nitrogens with zero attached hydrogens (tertiary/aromatic N) is 5. The van der Waals surface area contributed by atoms with Gasteiger partial charge in [-0.05, 0) is 43.9 Å². The van der Waals surface area contributed by atoms with Crippen molar-refractivity contribution in [2.24, 2.45) is 0 Å². The summed E-state index contributed by atoms with van der Waals surface area (Å²) < 4.78 is 2.28. The Morgan fingerprint density at radius 3 is 2.42 bits per heavy atom. The van der Waals surface area contributed by atoms with Crippen molar-refractivity contribution < 1.29 is 4.79 Å². The molecule has 0 bridgehead atoms. The Labute approximate surface area is 234 Å². The highest BCUT2D eigenvalue weighted by Crippen LogP contribution is 2.37. The molecule has 1 aromatic carbocycles. The maximum absolute atomic E-state index is 13.4. The summed E-state index contributed by atoms with van der Waals surface area (Å²) in [6.45, 7) is 12.4. The number of thiocarbonyl (C=S) groups is 1. The van der Waals surface area contributed by atoms with Crippen molar-refractivity contribution in [1.29, 1.82) is 5.26 Å². The van der Waals surface area contributed by atoms with E-state index in [-0.39, 0.29) is 23.1 Å². The number of rotatable bonds is 8. The molecule has 0 saturated carbocycles. The van der Waals surface area contributed by atoms with Crippen LogP contribution in [0.4, 0.5) is 5.82 Å². The standard InChI is InChI=1S/C29H35N5O2S2/c1-5-12-33-26(32-15-13-31(14-16-32)19-22-10-8-7-9-11-22)23(21(4)24(18-30)27(33)35)17-25-28(36)34(20(3)6-2)29(37)38-25/h7-11,17,20H,5-6,12-16,19H2,1-4H3/b25-17-. The number of anilines is 1. The minimum Gasteiger partial charge on any atom is -0.355 e. The second-order valence-electron chi connectivity index (χ2n) is 9.86. The van der Waals surface area contributed by atoms with Crippen LogP contribution in [-0.2, 0) is 17.9 Å². The molecule has 38 heavy (non-hydrogen) atoms. The van der Waals surface area contributed by atoms with Gasteiger partial charge in [0.15, 0.2) is 0 Å². The van der Waals surface area contributed by atoms with Gasteiger partial charge in [-0.25, -0.2) is 0 Å². The Morgan fingerprint density at radius 2 is 1.82 bits per heavy atom. The van der Waals surface area contributed by atoms with Gasteiger partial charge in [-0.3, -0.25) is 24.0 Å². The van der Waals surface area contributed by atoms with Gasteiger partial charge in [-0.2, -0.15) is 5.26 Å². The van der Waals surface area contributed by atoms with Gasteiger partial charge in [-0.15, -0.1) is 0 Å². The Hall–Kier alpha value is -2.93. The van der Waals surface area contributed by atoms with Crippen molar-refractivity contribution in [3.8, 4) is 6.07 Å².